The van der Waals surface area contributed by atoms with E-state index in [9.17, 15) is 9.59 Å². The third-order valence-corrected chi connectivity index (χ3v) is 1.84. The Hall–Kier alpha value is -0.900. The van der Waals surface area contributed by atoms with Gasteiger partial charge in [0.2, 0.25) is 0 Å². The zero-order chi connectivity index (χ0) is 12.1. The smallest absolute Gasteiger partial charge is 0.306 e. The van der Waals surface area contributed by atoms with Crippen molar-refractivity contribution >= 4 is 11.8 Å². The number of hydrogen-bond acceptors (Lipinski definition) is 4. The van der Waals surface area contributed by atoms with E-state index >= 15 is 0 Å². The van der Waals surface area contributed by atoms with Crippen molar-refractivity contribution in [2.24, 2.45) is 5.73 Å². The van der Waals surface area contributed by atoms with E-state index in [0.717, 1.165) is 0 Å². The van der Waals surface area contributed by atoms with Crippen LogP contribution in [0.15, 0.2) is 0 Å². The van der Waals surface area contributed by atoms with Gasteiger partial charge in [-0.15, -0.1) is 0 Å². The summed E-state index contributed by atoms with van der Waals surface area (Å²) in [6, 6.07) is -0.539. The van der Waals surface area contributed by atoms with Crippen LogP contribution >= 0.6 is 0 Å². The molecule has 15 heavy (non-hydrogen) atoms. The van der Waals surface area contributed by atoms with Crippen molar-refractivity contribution in [3.8, 4) is 0 Å². The summed E-state index contributed by atoms with van der Waals surface area (Å²) < 4.78 is 5.10. The van der Waals surface area contributed by atoms with Crippen molar-refractivity contribution in [2.45, 2.75) is 58.6 Å². The van der Waals surface area contributed by atoms with Crippen molar-refractivity contribution in [3.63, 3.8) is 0 Å². The van der Waals surface area contributed by atoms with Crippen molar-refractivity contribution in [3.05, 3.63) is 0 Å². The topological polar surface area (TPSA) is 69.4 Å². The lowest BCUT2D eigenvalue weighted by atomic mass is 10.1. The van der Waals surface area contributed by atoms with Crippen LogP contribution in [0, 0.1) is 0 Å². The molecular weight excluding hydrogens is 194 g/mol. The van der Waals surface area contributed by atoms with Gasteiger partial charge in [0.15, 0.2) is 0 Å². The van der Waals surface area contributed by atoms with Gasteiger partial charge >= 0.3 is 5.97 Å². The number of ether oxygens (including phenoxy) is 1. The van der Waals surface area contributed by atoms with E-state index in [2.05, 4.69) is 0 Å². The van der Waals surface area contributed by atoms with Crippen molar-refractivity contribution in [2.75, 3.05) is 0 Å². The number of hydrogen-bond donors (Lipinski definition) is 1. The molecule has 0 amide bonds. The molecule has 0 rings (SSSR count). The Labute approximate surface area is 91.2 Å². The van der Waals surface area contributed by atoms with Gasteiger partial charge in [0.1, 0.15) is 11.4 Å². The van der Waals surface area contributed by atoms with Crippen LogP contribution in [-0.2, 0) is 14.3 Å². The largest absolute Gasteiger partial charge is 0.460 e. The second-order valence-electron chi connectivity index (χ2n) is 4.55. The molecule has 0 aromatic carbocycles. The number of esters is 1. The Morgan fingerprint density at radius 1 is 1.33 bits per heavy atom. The van der Waals surface area contributed by atoms with Gasteiger partial charge in [-0.25, -0.2) is 0 Å². The fourth-order valence-electron chi connectivity index (χ4n) is 1.09. The molecule has 0 aromatic heterocycles. The van der Waals surface area contributed by atoms with Gasteiger partial charge in [0, 0.05) is 12.8 Å². The number of Topliss-reactive ketones (excluding diaryl/α,β-unsaturated/α-hetero) is 1. The van der Waals surface area contributed by atoms with Crippen LogP contribution in [0.25, 0.3) is 0 Å². The maximum Gasteiger partial charge on any atom is 0.306 e. The van der Waals surface area contributed by atoms with Crippen molar-refractivity contribution < 1.29 is 14.3 Å². The van der Waals surface area contributed by atoms with Gasteiger partial charge in [-0.3, -0.25) is 9.59 Å². The highest BCUT2D eigenvalue weighted by Crippen LogP contribution is 2.10. The molecule has 1 atom stereocenters. The molecule has 2 N–H and O–H groups in total. The molecule has 0 heterocycles. The molecule has 0 spiro atoms. The van der Waals surface area contributed by atoms with Gasteiger partial charge in [0.25, 0.3) is 0 Å². The Morgan fingerprint density at radius 3 is 2.27 bits per heavy atom. The van der Waals surface area contributed by atoms with Crippen LogP contribution in [0.3, 0.4) is 0 Å². The maximum atomic E-state index is 11.3. The highest BCUT2D eigenvalue weighted by atomic mass is 16.6. The van der Waals surface area contributed by atoms with Gasteiger partial charge in [-0.1, -0.05) is 6.92 Å². The Balaban J connectivity index is 3.86. The summed E-state index contributed by atoms with van der Waals surface area (Å²) in [6.07, 6.45) is 0.973. The molecule has 88 valence electrons. The minimum absolute atomic E-state index is 0.0152. The molecule has 0 aliphatic heterocycles. The van der Waals surface area contributed by atoms with E-state index in [0.29, 0.717) is 12.8 Å². The van der Waals surface area contributed by atoms with Crippen molar-refractivity contribution in [1.82, 2.24) is 0 Å². The molecular formula is C11H21NO3. The summed E-state index contributed by atoms with van der Waals surface area (Å²) >= 11 is 0. The number of nitrogens with two attached hydrogens (primary N) is 1. The quantitative estimate of drug-likeness (QED) is 0.704. The molecule has 0 bridgehead atoms. The van der Waals surface area contributed by atoms with Gasteiger partial charge in [0.05, 0.1) is 6.04 Å². The summed E-state index contributed by atoms with van der Waals surface area (Å²) in [5, 5.41) is 0. The molecule has 0 saturated carbocycles. The zero-order valence-corrected chi connectivity index (χ0v) is 10.0. The molecule has 0 radical (unpaired) electrons. The van der Waals surface area contributed by atoms with E-state index in [1.54, 1.807) is 6.92 Å². The molecule has 0 saturated heterocycles. The van der Waals surface area contributed by atoms with Crippen LogP contribution < -0.4 is 5.73 Å². The van der Waals surface area contributed by atoms with Crippen molar-refractivity contribution in [1.29, 1.82) is 0 Å². The Morgan fingerprint density at radius 2 is 1.87 bits per heavy atom. The average Bonchev–Trinajstić information content (AvgIpc) is 2.10. The molecule has 4 heteroatoms. The number of carbonyl (C=O) groups is 2. The molecule has 0 aliphatic rings. The molecule has 4 nitrogen and oxygen atoms in total. The minimum Gasteiger partial charge on any atom is -0.460 e. The van der Waals surface area contributed by atoms with E-state index in [1.807, 2.05) is 20.8 Å². The third kappa shape index (κ3) is 7.08. The number of rotatable bonds is 5. The zero-order valence-electron chi connectivity index (χ0n) is 10.0. The predicted molar refractivity (Wildman–Crippen MR) is 58.4 cm³/mol. The van der Waals surface area contributed by atoms with Crippen LogP contribution in [-0.4, -0.2) is 23.4 Å². The minimum atomic E-state index is -0.539. The average molecular weight is 215 g/mol. The summed E-state index contributed by atoms with van der Waals surface area (Å²) in [5.74, 6) is -0.319. The molecule has 0 aromatic rings. The fourth-order valence-corrected chi connectivity index (χ4v) is 1.09. The lowest BCUT2D eigenvalue weighted by Gasteiger charge is -2.19. The van der Waals surface area contributed by atoms with Crippen LogP contribution in [0.4, 0.5) is 0 Å². The highest BCUT2D eigenvalue weighted by Gasteiger charge is 2.18. The van der Waals surface area contributed by atoms with Crippen LogP contribution in [0.2, 0.25) is 0 Å². The maximum absolute atomic E-state index is 11.3. The number of carbonyl (C=O) groups excluding carboxylic acids is 2. The first-order chi connectivity index (χ1) is 6.76. The number of ketones is 1. The van der Waals surface area contributed by atoms with E-state index in [1.165, 1.54) is 0 Å². The normalized spacial score (nSPS) is 13.4. The predicted octanol–water partition coefficient (Wildman–Crippen LogP) is 1.41. The summed E-state index contributed by atoms with van der Waals surface area (Å²) in [4.78, 5) is 22.4. The van der Waals surface area contributed by atoms with Crippen LogP contribution in [0.5, 0.6) is 0 Å². The third-order valence-electron chi connectivity index (χ3n) is 1.84. The van der Waals surface area contributed by atoms with Gasteiger partial charge in [-0.2, -0.15) is 0 Å². The first-order valence-electron chi connectivity index (χ1n) is 5.26. The molecule has 0 aliphatic carbocycles. The first-order valence-corrected chi connectivity index (χ1v) is 5.26. The SMILES string of the molecule is CCC(=O)C(N)CCC(=O)OC(C)(C)C. The second kappa shape index (κ2) is 5.85. The lowest BCUT2D eigenvalue weighted by molar-refractivity contribution is -0.155. The van der Waals surface area contributed by atoms with E-state index < -0.39 is 11.6 Å². The highest BCUT2D eigenvalue weighted by molar-refractivity contribution is 5.84. The van der Waals surface area contributed by atoms with Crippen LogP contribution in [0.1, 0.15) is 47.0 Å². The van der Waals surface area contributed by atoms with E-state index in [-0.39, 0.29) is 18.2 Å². The monoisotopic (exact) mass is 215 g/mol. The molecule has 1 unspecified atom stereocenters. The lowest BCUT2D eigenvalue weighted by Crippen LogP contribution is -2.31. The summed E-state index contributed by atoms with van der Waals surface area (Å²) in [6.45, 7) is 7.18. The standard InChI is InChI=1S/C11H21NO3/c1-5-9(13)8(12)6-7-10(14)15-11(2,3)4/h8H,5-7,12H2,1-4H3. The molecule has 0 fully saturated rings. The Kier molecular flexibility index (Phi) is 5.50. The first kappa shape index (κ1) is 14.1. The fraction of sp³-hybridized carbons (Fsp3) is 0.818. The second-order valence-corrected chi connectivity index (χ2v) is 4.55. The van der Waals surface area contributed by atoms with Gasteiger partial charge in [-0.05, 0) is 27.2 Å². The Bertz CT molecular complexity index is 230. The summed E-state index contributed by atoms with van der Waals surface area (Å²) in [5.41, 5.74) is 5.11. The van der Waals surface area contributed by atoms with Gasteiger partial charge < -0.3 is 10.5 Å². The van der Waals surface area contributed by atoms with E-state index in [4.69, 9.17) is 10.5 Å². The summed E-state index contributed by atoms with van der Waals surface area (Å²) in [7, 11) is 0.